The molecule has 3 aromatic carbocycles. The number of methoxy groups -OCH3 is 1. The maximum atomic E-state index is 12.4. The summed E-state index contributed by atoms with van der Waals surface area (Å²) in [6, 6.07) is 22.5. The minimum absolute atomic E-state index is 0.101. The minimum atomic E-state index is -0.370. The Balaban J connectivity index is 1.75. The average Bonchev–Trinajstić information content (AvgIpc) is 3.11. The van der Waals surface area contributed by atoms with Gasteiger partial charge in [0.25, 0.3) is 0 Å². The zero-order valence-corrected chi connectivity index (χ0v) is 15.0. The molecule has 0 bridgehead atoms. The Morgan fingerprint density at radius 2 is 1.70 bits per heavy atom. The number of para-hydroxylation sites is 1. The molecule has 5 rings (SSSR count). The van der Waals surface area contributed by atoms with Crippen LogP contribution in [0.3, 0.4) is 0 Å². The monoisotopic (exact) mass is 356 g/mol. The Labute approximate surface area is 157 Å². The van der Waals surface area contributed by atoms with E-state index in [2.05, 4.69) is 58.8 Å². The van der Waals surface area contributed by atoms with Crippen LogP contribution in [0.15, 0.2) is 66.7 Å². The summed E-state index contributed by atoms with van der Waals surface area (Å²) in [4.78, 5) is 16.0. The molecule has 0 saturated carbocycles. The number of rotatable bonds is 2. The molecule has 1 aliphatic rings. The third-order valence-electron chi connectivity index (χ3n) is 5.53. The van der Waals surface area contributed by atoms with E-state index in [0.29, 0.717) is 6.42 Å². The van der Waals surface area contributed by atoms with E-state index in [9.17, 15) is 4.79 Å². The molecule has 2 atom stereocenters. The van der Waals surface area contributed by atoms with E-state index in [1.807, 2.05) is 18.2 Å². The number of nitrogens with one attached hydrogen (secondary N) is 2. The lowest BCUT2D eigenvalue weighted by molar-refractivity contribution is -0.143. The molecule has 2 heterocycles. The number of ether oxygens (including phenoxy) is 1. The zero-order chi connectivity index (χ0) is 18.4. The molecule has 1 aliphatic heterocycles. The van der Waals surface area contributed by atoms with Crippen molar-refractivity contribution in [3.8, 4) is 0 Å². The number of aromatic nitrogens is 1. The first-order chi connectivity index (χ1) is 13.3. The van der Waals surface area contributed by atoms with Crippen LogP contribution in [0, 0.1) is 0 Å². The Morgan fingerprint density at radius 3 is 2.56 bits per heavy atom. The van der Waals surface area contributed by atoms with Crippen molar-refractivity contribution in [3.05, 3.63) is 83.6 Å². The summed E-state index contributed by atoms with van der Waals surface area (Å²) in [5.74, 6) is -0.226. The molecule has 0 radical (unpaired) electrons. The number of aromatic amines is 1. The highest BCUT2D eigenvalue weighted by atomic mass is 16.5. The fourth-order valence-corrected chi connectivity index (χ4v) is 4.28. The Hall–Kier alpha value is -3.11. The lowest BCUT2D eigenvalue weighted by Gasteiger charge is -2.31. The van der Waals surface area contributed by atoms with Gasteiger partial charge in [0, 0.05) is 23.0 Å². The average molecular weight is 356 g/mol. The van der Waals surface area contributed by atoms with Gasteiger partial charge in [-0.25, -0.2) is 0 Å². The molecule has 0 unspecified atom stereocenters. The predicted octanol–water partition coefficient (Wildman–Crippen LogP) is 4.10. The zero-order valence-electron chi connectivity index (χ0n) is 15.0. The van der Waals surface area contributed by atoms with Gasteiger partial charge in [-0.3, -0.25) is 10.1 Å². The number of fused-ring (bicyclic) bond motifs is 4. The molecule has 4 nitrogen and oxygen atoms in total. The Bertz CT molecular complexity index is 1160. The standard InChI is InChI=1S/C23H20N2O2/c1-27-23(26)20-13-18-16-10-4-5-12-19(16)24-22(18)21(25-20)17-11-6-8-14-7-2-3-9-15(14)17/h2-12,20-21,24-25H,13H2,1H3/t20-,21+/m0/s1. The summed E-state index contributed by atoms with van der Waals surface area (Å²) >= 11 is 0. The van der Waals surface area contributed by atoms with E-state index in [4.69, 9.17) is 4.74 Å². The summed E-state index contributed by atoms with van der Waals surface area (Å²) in [7, 11) is 1.45. The van der Waals surface area contributed by atoms with E-state index in [0.717, 1.165) is 16.8 Å². The largest absolute Gasteiger partial charge is 0.468 e. The highest BCUT2D eigenvalue weighted by Gasteiger charge is 2.34. The van der Waals surface area contributed by atoms with Gasteiger partial charge in [0.05, 0.1) is 13.2 Å². The SMILES string of the molecule is COC(=O)[C@@H]1Cc2c([nH]c3ccccc23)[C@@H](c2cccc3ccccc23)N1. The Morgan fingerprint density at radius 1 is 0.963 bits per heavy atom. The van der Waals surface area contributed by atoms with Gasteiger partial charge in [0.15, 0.2) is 0 Å². The van der Waals surface area contributed by atoms with Crippen molar-refractivity contribution in [1.82, 2.24) is 10.3 Å². The van der Waals surface area contributed by atoms with Crippen LogP contribution in [0.2, 0.25) is 0 Å². The number of benzene rings is 3. The van der Waals surface area contributed by atoms with Crippen LogP contribution in [0.5, 0.6) is 0 Å². The molecule has 27 heavy (non-hydrogen) atoms. The molecule has 1 aromatic heterocycles. The van der Waals surface area contributed by atoms with Crippen LogP contribution in [-0.4, -0.2) is 24.1 Å². The molecular weight excluding hydrogens is 336 g/mol. The van der Waals surface area contributed by atoms with Crippen molar-refractivity contribution < 1.29 is 9.53 Å². The first-order valence-corrected chi connectivity index (χ1v) is 9.17. The van der Waals surface area contributed by atoms with Gasteiger partial charge in [-0.05, 0) is 28.0 Å². The number of esters is 1. The van der Waals surface area contributed by atoms with E-state index < -0.39 is 0 Å². The molecule has 0 spiro atoms. The van der Waals surface area contributed by atoms with Gasteiger partial charge in [0.1, 0.15) is 6.04 Å². The molecule has 4 aromatic rings. The Kier molecular flexibility index (Phi) is 3.73. The minimum Gasteiger partial charge on any atom is -0.468 e. The van der Waals surface area contributed by atoms with E-state index in [-0.39, 0.29) is 18.1 Å². The second-order valence-electron chi connectivity index (χ2n) is 7.01. The molecule has 0 saturated heterocycles. The molecule has 134 valence electrons. The number of hydrogen-bond donors (Lipinski definition) is 2. The van der Waals surface area contributed by atoms with E-state index in [1.165, 1.54) is 28.8 Å². The third kappa shape index (κ3) is 2.53. The molecular formula is C23H20N2O2. The van der Waals surface area contributed by atoms with Crippen molar-refractivity contribution in [2.75, 3.05) is 7.11 Å². The number of H-pyrrole nitrogens is 1. The summed E-state index contributed by atoms with van der Waals surface area (Å²) in [5.41, 5.74) is 4.58. The number of carbonyl (C=O) groups is 1. The highest BCUT2D eigenvalue weighted by molar-refractivity contribution is 5.90. The topological polar surface area (TPSA) is 54.1 Å². The van der Waals surface area contributed by atoms with Crippen LogP contribution < -0.4 is 5.32 Å². The van der Waals surface area contributed by atoms with Gasteiger partial charge >= 0.3 is 5.97 Å². The van der Waals surface area contributed by atoms with E-state index in [1.54, 1.807) is 0 Å². The number of carbonyl (C=O) groups excluding carboxylic acids is 1. The van der Waals surface area contributed by atoms with Gasteiger partial charge in [-0.15, -0.1) is 0 Å². The first-order valence-electron chi connectivity index (χ1n) is 9.17. The van der Waals surface area contributed by atoms with Gasteiger partial charge in [-0.2, -0.15) is 0 Å². The molecule has 0 aliphatic carbocycles. The summed E-state index contributed by atoms with van der Waals surface area (Å²) < 4.78 is 5.05. The maximum Gasteiger partial charge on any atom is 0.323 e. The predicted molar refractivity (Wildman–Crippen MR) is 107 cm³/mol. The number of hydrogen-bond acceptors (Lipinski definition) is 3. The van der Waals surface area contributed by atoms with Crippen LogP contribution in [0.25, 0.3) is 21.7 Å². The second kappa shape index (κ2) is 6.25. The third-order valence-corrected chi connectivity index (χ3v) is 5.53. The second-order valence-corrected chi connectivity index (χ2v) is 7.01. The van der Waals surface area contributed by atoms with Crippen LogP contribution in [0.4, 0.5) is 0 Å². The van der Waals surface area contributed by atoms with Crippen LogP contribution in [-0.2, 0) is 16.0 Å². The maximum absolute atomic E-state index is 12.4. The van der Waals surface area contributed by atoms with E-state index >= 15 is 0 Å². The van der Waals surface area contributed by atoms with Gasteiger partial charge < -0.3 is 9.72 Å². The fourth-order valence-electron chi connectivity index (χ4n) is 4.28. The normalized spacial score (nSPS) is 19.1. The summed E-state index contributed by atoms with van der Waals surface area (Å²) in [6.45, 7) is 0. The first kappa shape index (κ1) is 16.1. The van der Waals surface area contributed by atoms with Crippen molar-refractivity contribution in [2.24, 2.45) is 0 Å². The molecule has 2 N–H and O–H groups in total. The van der Waals surface area contributed by atoms with Crippen molar-refractivity contribution in [3.63, 3.8) is 0 Å². The lowest BCUT2D eigenvalue weighted by atomic mass is 9.88. The van der Waals surface area contributed by atoms with Crippen molar-refractivity contribution >= 4 is 27.6 Å². The van der Waals surface area contributed by atoms with Crippen molar-refractivity contribution in [1.29, 1.82) is 0 Å². The van der Waals surface area contributed by atoms with Gasteiger partial charge in [-0.1, -0.05) is 60.7 Å². The van der Waals surface area contributed by atoms with Gasteiger partial charge in [0.2, 0.25) is 0 Å². The lowest BCUT2D eigenvalue weighted by Crippen LogP contribution is -2.45. The van der Waals surface area contributed by atoms with Crippen molar-refractivity contribution in [2.45, 2.75) is 18.5 Å². The quantitative estimate of drug-likeness (QED) is 0.532. The van der Waals surface area contributed by atoms with Crippen LogP contribution in [0.1, 0.15) is 22.9 Å². The highest BCUT2D eigenvalue weighted by Crippen LogP contribution is 2.37. The molecule has 4 heteroatoms. The summed E-state index contributed by atoms with van der Waals surface area (Å²) in [6.07, 6.45) is 0.618. The molecule has 0 amide bonds. The summed E-state index contributed by atoms with van der Waals surface area (Å²) in [5, 5.41) is 7.08. The smallest absolute Gasteiger partial charge is 0.323 e. The van der Waals surface area contributed by atoms with Crippen LogP contribution >= 0.6 is 0 Å². The fraction of sp³-hybridized carbons (Fsp3) is 0.174. The molecule has 0 fully saturated rings.